The van der Waals surface area contributed by atoms with E-state index in [1.54, 1.807) is 30.3 Å². The van der Waals surface area contributed by atoms with Crippen molar-refractivity contribution in [2.45, 2.75) is 50.9 Å². The summed E-state index contributed by atoms with van der Waals surface area (Å²) in [6, 6.07) is 9.70. The van der Waals surface area contributed by atoms with Crippen molar-refractivity contribution in [3.8, 4) is 11.5 Å². The molecule has 4 rings (SSSR count). The van der Waals surface area contributed by atoms with E-state index in [2.05, 4.69) is 4.98 Å². The number of aromatic nitrogens is 1. The van der Waals surface area contributed by atoms with Crippen molar-refractivity contribution < 1.29 is 14.1 Å². The minimum Gasteiger partial charge on any atom is -0.450 e. The zero-order valence-electron chi connectivity index (χ0n) is 15.6. The zero-order valence-corrected chi connectivity index (χ0v) is 15.6. The third kappa shape index (κ3) is 3.93. The van der Waals surface area contributed by atoms with Crippen LogP contribution in [0, 0.1) is 10.1 Å². The topological polar surface area (TPSA) is 104 Å². The lowest BCUT2D eigenvalue weighted by Crippen LogP contribution is -2.02. The molecule has 1 fully saturated rings. The number of nitro benzene ring substituents is 1. The molecule has 0 atom stereocenters. The summed E-state index contributed by atoms with van der Waals surface area (Å²) in [5, 5.41) is 11.5. The Morgan fingerprint density at radius 1 is 1.07 bits per heavy atom. The van der Waals surface area contributed by atoms with E-state index in [1.165, 1.54) is 25.3 Å². The van der Waals surface area contributed by atoms with Crippen molar-refractivity contribution >= 4 is 22.5 Å². The number of anilines is 1. The van der Waals surface area contributed by atoms with Crippen LogP contribution in [0.5, 0.6) is 11.5 Å². The van der Waals surface area contributed by atoms with Crippen LogP contribution < -0.4 is 10.5 Å². The number of nitrogens with zero attached hydrogens (tertiary/aromatic N) is 2. The van der Waals surface area contributed by atoms with Gasteiger partial charge in [-0.15, -0.1) is 0 Å². The summed E-state index contributed by atoms with van der Waals surface area (Å²) in [6.07, 6.45) is 8.18. The highest BCUT2D eigenvalue weighted by molar-refractivity contribution is 5.79. The minimum atomic E-state index is -0.468. The molecule has 2 aromatic carbocycles. The Morgan fingerprint density at radius 3 is 2.43 bits per heavy atom. The van der Waals surface area contributed by atoms with Gasteiger partial charge in [-0.05, 0) is 37.1 Å². The van der Waals surface area contributed by atoms with E-state index in [-0.39, 0.29) is 17.4 Å². The summed E-state index contributed by atoms with van der Waals surface area (Å²) in [7, 11) is 0. The Labute approximate surface area is 162 Å². The molecule has 0 spiro atoms. The lowest BCUT2D eigenvalue weighted by molar-refractivity contribution is -0.385. The molecule has 1 aromatic heterocycles. The first kappa shape index (κ1) is 18.3. The molecule has 3 aromatic rings. The maximum Gasteiger partial charge on any atom is 0.315 e. The summed E-state index contributed by atoms with van der Waals surface area (Å²) >= 11 is 0. The maximum atomic E-state index is 11.5. The van der Waals surface area contributed by atoms with Crippen molar-refractivity contribution in [2.24, 2.45) is 0 Å². The molecule has 0 aliphatic heterocycles. The van der Waals surface area contributed by atoms with Gasteiger partial charge in [0.15, 0.2) is 11.5 Å². The number of nitro groups is 1. The number of hydrogen-bond acceptors (Lipinski definition) is 6. The first-order valence-corrected chi connectivity index (χ1v) is 9.72. The standard InChI is InChI=1S/C21H23N3O4/c22-15-8-10-16(11-9-15)27-20-12-17-19(13-18(20)24(25)26)28-21(23-17)14-6-4-2-1-3-5-7-14/h8-14H,1-7,22H2. The zero-order chi connectivity index (χ0) is 19.5. The van der Waals surface area contributed by atoms with Gasteiger partial charge in [-0.25, -0.2) is 4.98 Å². The van der Waals surface area contributed by atoms with E-state index in [0.717, 1.165) is 25.7 Å². The molecule has 1 heterocycles. The Kier molecular flexibility index (Phi) is 5.14. The molecule has 1 aliphatic carbocycles. The number of benzene rings is 2. The van der Waals surface area contributed by atoms with Crippen LogP contribution in [-0.2, 0) is 0 Å². The molecular weight excluding hydrogens is 358 g/mol. The number of nitrogens with two attached hydrogens (primary N) is 1. The summed E-state index contributed by atoms with van der Waals surface area (Å²) in [5.74, 6) is 1.56. The fraction of sp³-hybridized carbons (Fsp3) is 0.381. The van der Waals surface area contributed by atoms with Gasteiger partial charge >= 0.3 is 5.69 Å². The molecule has 1 saturated carbocycles. The van der Waals surface area contributed by atoms with Crippen LogP contribution in [0.25, 0.3) is 11.1 Å². The van der Waals surface area contributed by atoms with Gasteiger partial charge in [0, 0.05) is 17.7 Å². The van der Waals surface area contributed by atoms with Gasteiger partial charge < -0.3 is 14.9 Å². The predicted octanol–water partition coefficient (Wildman–Crippen LogP) is 5.94. The number of hydrogen-bond donors (Lipinski definition) is 1. The Morgan fingerprint density at radius 2 is 1.75 bits per heavy atom. The van der Waals surface area contributed by atoms with Gasteiger partial charge in [0.05, 0.1) is 11.0 Å². The van der Waals surface area contributed by atoms with E-state index < -0.39 is 4.92 Å². The summed E-state index contributed by atoms with van der Waals surface area (Å²) in [4.78, 5) is 15.7. The third-order valence-electron chi connectivity index (χ3n) is 5.24. The fourth-order valence-corrected chi connectivity index (χ4v) is 3.73. The molecular formula is C21H23N3O4. The number of nitrogen functional groups attached to an aromatic ring is 1. The van der Waals surface area contributed by atoms with Crippen LogP contribution in [0.3, 0.4) is 0 Å². The average molecular weight is 381 g/mol. The van der Waals surface area contributed by atoms with Crippen LogP contribution in [0.15, 0.2) is 40.8 Å². The van der Waals surface area contributed by atoms with Crippen molar-refractivity contribution in [2.75, 3.05) is 5.73 Å². The van der Waals surface area contributed by atoms with Crippen LogP contribution in [-0.4, -0.2) is 9.91 Å². The molecule has 0 unspecified atom stereocenters. The molecule has 0 amide bonds. The summed E-state index contributed by atoms with van der Waals surface area (Å²) in [5.41, 5.74) is 7.13. The lowest BCUT2D eigenvalue weighted by atomic mass is 9.91. The first-order chi connectivity index (χ1) is 13.6. The van der Waals surface area contributed by atoms with Gasteiger partial charge in [0.1, 0.15) is 11.3 Å². The first-order valence-electron chi connectivity index (χ1n) is 9.72. The van der Waals surface area contributed by atoms with Crippen LogP contribution in [0.1, 0.15) is 56.8 Å². The normalized spacial score (nSPS) is 15.9. The van der Waals surface area contributed by atoms with Crippen molar-refractivity contribution in [1.29, 1.82) is 0 Å². The van der Waals surface area contributed by atoms with Crippen LogP contribution in [0.2, 0.25) is 0 Å². The van der Waals surface area contributed by atoms with Gasteiger partial charge in [0.2, 0.25) is 5.75 Å². The fourth-order valence-electron chi connectivity index (χ4n) is 3.73. The third-order valence-corrected chi connectivity index (χ3v) is 5.24. The van der Waals surface area contributed by atoms with Gasteiger partial charge in [-0.2, -0.15) is 0 Å². The largest absolute Gasteiger partial charge is 0.450 e. The number of oxazole rings is 1. The second kappa shape index (κ2) is 7.88. The van der Waals surface area contributed by atoms with E-state index in [0.29, 0.717) is 28.4 Å². The monoisotopic (exact) mass is 381 g/mol. The highest BCUT2D eigenvalue weighted by Crippen LogP contribution is 2.38. The number of fused-ring (bicyclic) bond motifs is 1. The average Bonchev–Trinajstić information content (AvgIpc) is 3.05. The molecule has 0 bridgehead atoms. The Hall–Kier alpha value is -3.09. The van der Waals surface area contributed by atoms with Gasteiger partial charge in [-0.1, -0.05) is 32.1 Å². The maximum absolute atomic E-state index is 11.5. The number of ether oxygens (including phenoxy) is 1. The van der Waals surface area contributed by atoms with E-state index in [9.17, 15) is 10.1 Å². The quantitative estimate of drug-likeness (QED) is 0.341. The number of rotatable bonds is 4. The smallest absolute Gasteiger partial charge is 0.315 e. The lowest BCUT2D eigenvalue weighted by Gasteiger charge is -2.16. The van der Waals surface area contributed by atoms with Gasteiger partial charge in [0.25, 0.3) is 0 Å². The summed E-state index contributed by atoms with van der Waals surface area (Å²) < 4.78 is 11.7. The molecule has 0 radical (unpaired) electrons. The second-order valence-electron chi connectivity index (χ2n) is 7.31. The molecule has 28 heavy (non-hydrogen) atoms. The molecule has 7 nitrogen and oxygen atoms in total. The Balaban J connectivity index is 1.68. The highest BCUT2D eigenvalue weighted by Gasteiger charge is 2.24. The molecule has 2 N–H and O–H groups in total. The van der Waals surface area contributed by atoms with E-state index >= 15 is 0 Å². The molecule has 1 aliphatic rings. The molecule has 146 valence electrons. The van der Waals surface area contributed by atoms with Crippen molar-refractivity contribution in [3.05, 3.63) is 52.4 Å². The van der Waals surface area contributed by atoms with E-state index in [4.69, 9.17) is 14.9 Å². The van der Waals surface area contributed by atoms with Crippen molar-refractivity contribution in [1.82, 2.24) is 4.98 Å². The minimum absolute atomic E-state index is 0.139. The molecule has 0 saturated heterocycles. The second-order valence-corrected chi connectivity index (χ2v) is 7.31. The van der Waals surface area contributed by atoms with E-state index in [1.807, 2.05) is 0 Å². The van der Waals surface area contributed by atoms with Gasteiger partial charge in [-0.3, -0.25) is 10.1 Å². The van der Waals surface area contributed by atoms with Crippen LogP contribution in [0.4, 0.5) is 11.4 Å². The molecule has 7 heteroatoms. The van der Waals surface area contributed by atoms with Crippen molar-refractivity contribution in [3.63, 3.8) is 0 Å². The summed E-state index contributed by atoms with van der Waals surface area (Å²) in [6.45, 7) is 0. The van der Waals surface area contributed by atoms with Crippen LogP contribution >= 0.6 is 0 Å². The highest BCUT2D eigenvalue weighted by atomic mass is 16.6. The predicted molar refractivity (Wildman–Crippen MR) is 107 cm³/mol. The Bertz CT molecular complexity index is 973. The SMILES string of the molecule is Nc1ccc(Oc2cc3nc(C4CCCCCCC4)oc3cc2[N+](=O)[O-])cc1.